The van der Waals surface area contributed by atoms with Crippen molar-refractivity contribution in [3.63, 3.8) is 0 Å². The van der Waals surface area contributed by atoms with E-state index in [0.717, 1.165) is 47.1 Å². The fraction of sp³-hybridized carbons (Fsp3) is 0.368. The lowest BCUT2D eigenvalue weighted by atomic mass is 10.0. The van der Waals surface area contributed by atoms with Gasteiger partial charge in [0, 0.05) is 30.5 Å². The van der Waals surface area contributed by atoms with Crippen LogP contribution in [0.25, 0.3) is 21.9 Å². The molecule has 0 aliphatic carbocycles. The van der Waals surface area contributed by atoms with E-state index in [4.69, 9.17) is 9.90 Å². The van der Waals surface area contributed by atoms with Gasteiger partial charge in [-0.05, 0) is 18.9 Å². The second kappa shape index (κ2) is 7.15. The standard InChI is InChI=1S/C17H17N5O.C2HF3O2/c1-21-10-6-7-22(13(8-10)17(21)23)16-14-11-4-2-3-5-12(11)20-15(14)18-9-19-16;3-2(4,5)1(6)7/h2-5,9-10,13H,6-8H2,1H3,(H,18,19,20);(H,6,7). The molecular weight excluding hydrogens is 403 g/mol. The first-order valence-electron chi connectivity index (χ1n) is 9.23. The van der Waals surface area contributed by atoms with Crippen LogP contribution >= 0.6 is 0 Å². The molecule has 2 aliphatic heterocycles. The normalized spacial score (nSPS) is 21.1. The molecular formula is C19H18F3N5O3. The number of benzene rings is 1. The topological polar surface area (TPSA) is 102 Å². The summed E-state index contributed by atoms with van der Waals surface area (Å²) in [5.41, 5.74) is 1.88. The van der Waals surface area contributed by atoms with Gasteiger partial charge in [-0.25, -0.2) is 14.8 Å². The number of para-hydroxylation sites is 1. The minimum absolute atomic E-state index is 0.0921. The number of nitrogens with zero attached hydrogens (tertiary/aromatic N) is 4. The number of carboxylic acid groups (broad SMARTS) is 1. The third-order valence-electron chi connectivity index (χ3n) is 5.55. The van der Waals surface area contributed by atoms with Crippen molar-refractivity contribution in [3.8, 4) is 0 Å². The van der Waals surface area contributed by atoms with Gasteiger partial charge >= 0.3 is 12.1 Å². The maximum atomic E-state index is 12.5. The molecule has 2 unspecified atom stereocenters. The summed E-state index contributed by atoms with van der Waals surface area (Å²) < 4.78 is 31.7. The number of aromatic nitrogens is 3. The maximum Gasteiger partial charge on any atom is 0.490 e. The Labute approximate surface area is 168 Å². The van der Waals surface area contributed by atoms with E-state index in [1.807, 2.05) is 30.1 Å². The Balaban J connectivity index is 0.000000272. The third-order valence-corrected chi connectivity index (χ3v) is 5.55. The predicted octanol–water partition coefficient (Wildman–Crippen LogP) is 2.55. The molecule has 8 nitrogen and oxygen atoms in total. The summed E-state index contributed by atoms with van der Waals surface area (Å²) in [4.78, 5) is 37.8. The van der Waals surface area contributed by atoms with E-state index in [-0.39, 0.29) is 11.9 Å². The Morgan fingerprint density at radius 3 is 2.67 bits per heavy atom. The number of halogens is 3. The van der Waals surface area contributed by atoms with Crippen molar-refractivity contribution in [2.75, 3.05) is 18.5 Å². The van der Waals surface area contributed by atoms with Crippen LogP contribution in [0.4, 0.5) is 19.0 Å². The molecule has 2 aliphatic rings. The highest BCUT2D eigenvalue weighted by Gasteiger charge is 2.45. The number of alkyl halides is 3. The summed E-state index contributed by atoms with van der Waals surface area (Å²) in [5.74, 6) is -1.67. The first-order chi connectivity index (χ1) is 14.2. The minimum Gasteiger partial charge on any atom is -0.475 e. The molecule has 0 spiro atoms. The van der Waals surface area contributed by atoms with Crippen molar-refractivity contribution in [3.05, 3.63) is 30.6 Å². The molecule has 2 fully saturated rings. The zero-order valence-corrected chi connectivity index (χ0v) is 15.8. The van der Waals surface area contributed by atoms with Crippen molar-refractivity contribution < 1.29 is 27.9 Å². The first kappa shape index (κ1) is 19.9. The van der Waals surface area contributed by atoms with Crippen LogP contribution in [-0.4, -0.2) is 68.7 Å². The Bertz CT molecular complexity index is 1130. The molecule has 30 heavy (non-hydrogen) atoms. The highest BCUT2D eigenvalue weighted by atomic mass is 19.4. The van der Waals surface area contributed by atoms with Gasteiger partial charge in [-0.2, -0.15) is 13.2 Å². The molecule has 5 rings (SSSR count). The van der Waals surface area contributed by atoms with E-state index < -0.39 is 12.1 Å². The Morgan fingerprint density at radius 2 is 1.97 bits per heavy atom. The zero-order valence-electron chi connectivity index (χ0n) is 15.8. The van der Waals surface area contributed by atoms with E-state index in [1.165, 1.54) is 0 Å². The Kier molecular flexibility index (Phi) is 4.75. The van der Waals surface area contributed by atoms with E-state index in [1.54, 1.807) is 6.33 Å². The van der Waals surface area contributed by atoms with Crippen LogP contribution in [0, 0.1) is 0 Å². The summed E-state index contributed by atoms with van der Waals surface area (Å²) in [7, 11) is 1.91. The number of aromatic amines is 1. The number of hydrogen-bond acceptors (Lipinski definition) is 5. The second-order valence-electron chi connectivity index (χ2n) is 7.23. The molecule has 0 radical (unpaired) electrons. The Hall–Kier alpha value is -3.37. The molecule has 2 atom stereocenters. The van der Waals surface area contributed by atoms with E-state index in [2.05, 4.69) is 25.9 Å². The number of hydrogen-bond donors (Lipinski definition) is 2. The SMILES string of the molecule is CN1C(=O)C2CC1CCN2c1ncnc2[nH]c3ccccc3c12.O=C(O)C(F)(F)F. The molecule has 2 bridgehead atoms. The lowest BCUT2D eigenvalue weighted by Crippen LogP contribution is -2.42. The van der Waals surface area contributed by atoms with Crippen LogP contribution < -0.4 is 4.90 Å². The number of likely N-dealkylation sites (tertiary alicyclic amines) is 1. The summed E-state index contributed by atoms with van der Waals surface area (Å²) in [6.07, 6.45) is -1.61. The zero-order chi connectivity index (χ0) is 21.6. The molecule has 3 aromatic rings. The molecule has 1 aromatic carbocycles. The lowest BCUT2D eigenvalue weighted by molar-refractivity contribution is -0.192. The smallest absolute Gasteiger partial charge is 0.475 e. The summed E-state index contributed by atoms with van der Waals surface area (Å²) in [6.45, 7) is 0.858. The van der Waals surface area contributed by atoms with Gasteiger partial charge < -0.3 is 19.9 Å². The highest BCUT2D eigenvalue weighted by Crippen LogP contribution is 2.37. The molecule has 4 heterocycles. The Morgan fingerprint density at radius 1 is 1.27 bits per heavy atom. The number of piperidine rings is 1. The van der Waals surface area contributed by atoms with Crippen LogP contribution in [0.15, 0.2) is 30.6 Å². The van der Waals surface area contributed by atoms with Crippen molar-refractivity contribution in [2.24, 2.45) is 0 Å². The van der Waals surface area contributed by atoms with E-state index in [0.29, 0.717) is 6.04 Å². The fourth-order valence-corrected chi connectivity index (χ4v) is 4.08. The van der Waals surface area contributed by atoms with Crippen molar-refractivity contribution in [1.29, 1.82) is 0 Å². The molecule has 158 valence electrons. The maximum absolute atomic E-state index is 12.5. The number of carbonyl (C=O) groups is 2. The van der Waals surface area contributed by atoms with Crippen molar-refractivity contribution >= 4 is 39.6 Å². The highest BCUT2D eigenvalue weighted by molar-refractivity contribution is 6.11. The average molecular weight is 421 g/mol. The number of rotatable bonds is 1. The number of likely N-dealkylation sites (N-methyl/N-ethyl adjacent to an activating group) is 1. The number of carboxylic acids is 1. The van der Waals surface area contributed by atoms with E-state index >= 15 is 0 Å². The van der Waals surface area contributed by atoms with Crippen LogP contribution in [-0.2, 0) is 9.59 Å². The van der Waals surface area contributed by atoms with Gasteiger partial charge in [0.15, 0.2) is 0 Å². The van der Waals surface area contributed by atoms with Gasteiger partial charge in [0.25, 0.3) is 0 Å². The van der Waals surface area contributed by atoms with Crippen LogP contribution in [0.1, 0.15) is 12.8 Å². The van der Waals surface area contributed by atoms with Crippen LogP contribution in [0.2, 0.25) is 0 Å². The molecule has 2 N–H and O–H groups in total. The summed E-state index contributed by atoms with van der Waals surface area (Å²) >= 11 is 0. The molecule has 1 amide bonds. The number of amides is 1. The van der Waals surface area contributed by atoms with Crippen molar-refractivity contribution in [1.82, 2.24) is 19.9 Å². The van der Waals surface area contributed by atoms with Crippen LogP contribution in [0.3, 0.4) is 0 Å². The molecule has 2 aromatic heterocycles. The number of H-pyrrole nitrogens is 1. The average Bonchev–Trinajstić information content (AvgIpc) is 3.19. The van der Waals surface area contributed by atoms with E-state index in [9.17, 15) is 18.0 Å². The third kappa shape index (κ3) is 3.29. The largest absolute Gasteiger partial charge is 0.490 e. The number of fused-ring (bicyclic) bond motifs is 5. The predicted molar refractivity (Wildman–Crippen MR) is 102 cm³/mol. The van der Waals surface area contributed by atoms with Gasteiger partial charge in [0.1, 0.15) is 23.8 Å². The van der Waals surface area contributed by atoms with Crippen molar-refractivity contribution in [2.45, 2.75) is 31.1 Å². The van der Waals surface area contributed by atoms with Gasteiger partial charge in [-0.1, -0.05) is 18.2 Å². The summed E-state index contributed by atoms with van der Waals surface area (Å²) in [6, 6.07) is 8.44. The van der Waals surface area contributed by atoms with Gasteiger partial charge in [0.05, 0.1) is 5.39 Å². The quantitative estimate of drug-likeness (QED) is 0.626. The second-order valence-corrected chi connectivity index (χ2v) is 7.23. The fourth-order valence-electron chi connectivity index (χ4n) is 4.08. The number of carbonyl (C=O) groups excluding carboxylic acids is 1. The minimum atomic E-state index is -5.08. The number of aliphatic carboxylic acids is 1. The molecule has 11 heteroatoms. The lowest BCUT2D eigenvalue weighted by Gasteiger charge is -2.32. The van der Waals surface area contributed by atoms with Crippen LogP contribution in [0.5, 0.6) is 0 Å². The molecule has 2 saturated heterocycles. The van der Waals surface area contributed by atoms with Gasteiger partial charge in [-0.15, -0.1) is 0 Å². The number of anilines is 1. The van der Waals surface area contributed by atoms with Gasteiger partial charge in [-0.3, -0.25) is 4.79 Å². The summed E-state index contributed by atoms with van der Waals surface area (Å²) in [5, 5.41) is 9.25. The first-order valence-corrected chi connectivity index (χ1v) is 9.23. The number of nitrogens with one attached hydrogen (secondary N) is 1. The van der Waals surface area contributed by atoms with Gasteiger partial charge in [0.2, 0.25) is 5.91 Å². The monoisotopic (exact) mass is 421 g/mol. The molecule has 0 saturated carbocycles.